The van der Waals surface area contributed by atoms with Crippen molar-refractivity contribution in [2.75, 3.05) is 18.5 Å². The maximum absolute atomic E-state index is 13.0. The van der Waals surface area contributed by atoms with Gasteiger partial charge in [0.25, 0.3) is 0 Å². The Kier molecular flexibility index (Phi) is 6.19. The second-order valence-corrected chi connectivity index (χ2v) is 9.21. The minimum atomic E-state index is -0.640. The molecule has 0 bridgehead atoms. The van der Waals surface area contributed by atoms with Crippen molar-refractivity contribution in [1.82, 2.24) is 4.90 Å². The minimum Gasteiger partial charge on any atom is -0.462 e. The number of ether oxygens (including phenoxy) is 1. The third-order valence-electron chi connectivity index (χ3n) is 6.13. The number of carbonyl (C=O) groups excluding carboxylic acids is 4. The van der Waals surface area contributed by atoms with Gasteiger partial charge in [-0.15, -0.1) is 11.3 Å². The van der Waals surface area contributed by atoms with Gasteiger partial charge in [0.1, 0.15) is 28.6 Å². The molecule has 1 aliphatic carbocycles. The van der Waals surface area contributed by atoms with Crippen molar-refractivity contribution >= 4 is 40.0 Å². The average molecular weight is 459 g/mol. The van der Waals surface area contributed by atoms with Gasteiger partial charge in [0.2, 0.25) is 17.7 Å². The van der Waals surface area contributed by atoms with Gasteiger partial charge in [0, 0.05) is 17.4 Å². The molecule has 2 aromatic heterocycles. The highest BCUT2D eigenvalue weighted by atomic mass is 32.1. The molecule has 0 atom stereocenters. The number of hydrogen-bond acceptors (Lipinski definition) is 7. The Balaban J connectivity index is 1.53. The van der Waals surface area contributed by atoms with Crippen LogP contribution in [0.4, 0.5) is 5.00 Å². The second kappa shape index (κ2) is 8.90. The molecular formula is C23H26N2O6S. The standard InChI is InChI=1S/C23H26N2O6S/c1-3-30-21(28)19-15(16-8-7-14(2)31-16)13-32-20(19)24-17(26)12-25-18(27)11-23(22(25)29)9-5-4-6-10-23/h7-8,13H,3-6,9-12H2,1-2H3,(H,24,26). The van der Waals surface area contributed by atoms with E-state index in [1.807, 2.05) is 0 Å². The smallest absolute Gasteiger partial charge is 0.341 e. The molecule has 2 aliphatic rings. The highest BCUT2D eigenvalue weighted by molar-refractivity contribution is 7.15. The molecule has 1 N–H and O–H groups in total. The molecule has 1 spiro atoms. The number of anilines is 1. The largest absolute Gasteiger partial charge is 0.462 e. The van der Waals surface area contributed by atoms with E-state index in [0.29, 0.717) is 34.9 Å². The van der Waals surface area contributed by atoms with E-state index >= 15 is 0 Å². The van der Waals surface area contributed by atoms with Crippen molar-refractivity contribution in [2.24, 2.45) is 5.41 Å². The summed E-state index contributed by atoms with van der Waals surface area (Å²) in [6.45, 7) is 3.31. The third-order valence-corrected chi connectivity index (χ3v) is 7.03. The quantitative estimate of drug-likeness (QED) is 0.515. The molecule has 3 amide bonds. The SMILES string of the molecule is CCOC(=O)c1c(-c2ccc(C)o2)csc1NC(=O)CN1C(=O)CC2(CCCCC2)C1=O. The van der Waals surface area contributed by atoms with Crippen molar-refractivity contribution in [1.29, 1.82) is 0 Å². The summed E-state index contributed by atoms with van der Waals surface area (Å²) in [6, 6.07) is 3.53. The van der Waals surface area contributed by atoms with Gasteiger partial charge in [-0.25, -0.2) is 4.79 Å². The molecule has 9 heteroatoms. The summed E-state index contributed by atoms with van der Waals surface area (Å²) < 4.78 is 10.8. The third kappa shape index (κ3) is 4.09. The topological polar surface area (TPSA) is 106 Å². The number of esters is 1. The monoisotopic (exact) mass is 458 g/mol. The van der Waals surface area contributed by atoms with Crippen LogP contribution in [-0.2, 0) is 19.1 Å². The van der Waals surface area contributed by atoms with Gasteiger partial charge < -0.3 is 14.5 Å². The fourth-order valence-electron chi connectivity index (χ4n) is 4.57. The number of nitrogens with one attached hydrogen (secondary N) is 1. The van der Waals surface area contributed by atoms with Gasteiger partial charge in [0.15, 0.2) is 0 Å². The molecule has 0 aromatic carbocycles. The van der Waals surface area contributed by atoms with Crippen LogP contribution in [0.25, 0.3) is 11.3 Å². The highest BCUT2D eigenvalue weighted by Gasteiger charge is 2.51. The van der Waals surface area contributed by atoms with Crippen LogP contribution in [-0.4, -0.2) is 41.7 Å². The molecular weight excluding hydrogens is 432 g/mol. The van der Waals surface area contributed by atoms with E-state index in [0.717, 1.165) is 35.5 Å². The lowest BCUT2D eigenvalue weighted by atomic mass is 9.73. The molecule has 32 heavy (non-hydrogen) atoms. The summed E-state index contributed by atoms with van der Waals surface area (Å²) >= 11 is 1.16. The fourth-order valence-corrected chi connectivity index (χ4v) is 5.52. The van der Waals surface area contributed by atoms with E-state index < -0.39 is 17.3 Å². The number of aryl methyl sites for hydroxylation is 1. The number of thiophene rings is 1. The number of rotatable bonds is 6. The normalized spacial score (nSPS) is 17.8. The Hall–Kier alpha value is -2.94. The Morgan fingerprint density at radius 2 is 1.97 bits per heavy atom. The molecule has 0 unspecified atom stereocenters. The molecule has 3 heterocycles. The summed E-state index contributed by atoms with van der Waals surface area (Å²) in [5.74, 6) is -0.492. The summed E-state index contributed by atoms with van der Waals surface area (Å²) in [6.07, 6.45) is 4.47. The van der Waals surface area contributed by atoms with Gasteiger partial charge in [-0.1, -0.05) is 19.3 Å². The van der Waals surface area contributed by atoms with E-state index in [1.165, 1.54) is 0 Å². The number of imide groups is 1. The Morgan fingerprint density at radius 3 is 2.62 bits per heavy atom. The number of carbonyl (C=O) groups is 4. The zero-order valence-electron chi connectivity index (χ0n) is 18.2. The zero-order valence-corrected chi connectivity index (χ0v) is 19.0. The molecule has 4 rings (SSSR count). The van der Waals surface area contributed by atoms with Crippen LogP contribution in [0, 0.1) is 12.3 Å². The maximum atomic E-state index is 13.0. The van der Waals surface area contributed by atoms with Gasteiger partial charge in [-0.05, 0) is 38.8 Å². The summed E-state index contributed by atoms with van der Waals surface area (Å²) in [5.41, 5.74) is 0.0765. The lowest BCUT2D eigenvalue weighted by Gasteiger charge is -2.30. The first-order valence-electron chi connectivity index (χ1n) is 10.8. The fraction of sp³-hybridized carbons (Fsp3) is 0.478. The van der Waals surface area contributed by atoms with E-state index in [9.17, 15) is 19.2 Å². The zero-order chi connectivity index (χ0) is 22.9. The van der Waals surface area contributed by atoms with Crippen LogP contribution in [0.2, 0.25) is 0 Å². The van der Waals surface area contributed by atoms with Crippen molar-refractivity contribution in [2.45, 2.75) is 52.4 Å². The van der Waals surface area contributed by atoms with E-state index in [-0.39, 0.29) is 37.0 Å². The Bertz CT molecular complexity index is 1060. The average Bonchev–Trinajstić information content (AvgIpc) is 3.43. The van der Waals surface area contributed by atoms with E-state index in [4.69, 9.17) is 9.15 Å². The van der Waals surface area contributed by atoms with Gasteiger partial charge in [-0.3, -0.25) is 19.3 Å². The molecule has 1 saturated heterocycles. The van der Waals surface area contributed by atoms with E-state index in [2.05, 4.69) is 5.32 Å². The van der Waals surface area contributed by atoms with Crippen LogP contribution in [0.3, 0.4) is 0 Å². The van der Waals surface area contributed by atoms with Gasteiger partial charge in [0.05, 0.1) is 12.0 Å². The summed E-state index contributed by atoms with van der Waals surface area (Å²) in [5, 5.41) is 4.70. The molecule has 8 nitrogen and oxygen atoms in total. The molecule has 2 fully saturated rings. The van der Waals surface area contributed by atoms with Crippen LogP contribution in [0.1, 0.15) is 61.6 Å². The Labute approximate surface area is 189 Å². The molecule has 0 radical (unpaired) electrons. The first-order valence-corrected chi connectivity index (χ1v) is 11.7. The van der Waals surface area contributed by atoms with Crippen molar-refractivity contribution in [3.05, 3.63) is 28.8 Å². The van der Waals surface area contributed by atoms with Gasteiger partial charge in [-0.2, -0.15) is 0 Å². The predicted molar refractivity (Wildman–Crippen MR) is 118 cm³/mol. The van der Waals surface area contributed by atoms with Crippen LogP contribution < -0.4 is 5.32 Å². The molecule has 1 aliphatic heterocycles. The number of hydrogen-bond donors (Lipinski definition) is 1. The van der Waals surface area contributed by atoms with Gasteiger partial charge >= 0.3 is 5.97 Å². The van der Waals surface area contributed by atoms with Crippen molar-refractivity contribution in [3.63, 3.8) is 0 Å². The lowest BCUT2D eigenvalue weighted by molar-refractivity contribution is -0.144. The predicted octanol–water partition coefficient (Wildman–Crippen LogP) is 4.14. The molecule has 1 saturated carbocycles. The first-order chi connectivity index (χ1) is 15.3. The molecule has 2 aromatic rings. The highest BCUT2D eigenvalue weighted by Crippen LogP contribution is 2.45. The van der Waals surface area contributed by atoms with Crippen LogP contribution in [0.15, 0.2) is 21.9 Å². The minimum absolute atomic E-state index is 0.175. The van der Waals surface area contributed by atoms with Crippen molar-refractivity contribution < 1.29 is 28.3 Å². The summed E-state index contributed by atoms with van der Waals surface area (Å²) in [4.78, 5) is 52.0. The van der Waals surface area contributed by atoms with E-state index in [1.54, 1.807) is 31.4 Å². The number of furan rings is 1. The number of amides is 3. The van der Waals surface area contributed by atoms with Crippen LogP contribution >= 0.6 is 11.3 Å². The number of nitrogens with zero attached hydrogens (tertiary/aromatic N) is 1. The van der Waals surface area contributed by atoms with Crippen LogP contribution in [0.5, 0.6) is 0 Å². The second-order valence-electron chi connectivity index (χ2n) is 8.34. The first kappa shape index (κ1) is 22.3. The van der Waals surface area contributed by atoms with Crippen molar-refractivity contribution in [3.8, 4) is 11.3 Å². The summed E-state index contributed by atoms with van der Waals surface area (Å²) in [7, 11) is 0. The molecule has 170 valence electrons. The Morgan fingerprint density at radius 1 is 1.22 bits per heavy atom. The number of likely N-dealkylation sites (tertiary alicyclic amines) is 1. The lowest BCUT2D eigenvalue weighted by Crippen LogP contribution is -2.41. The maximum Gasteiger partial charge on any atom is 0.341 e.